The molecule has 0 aromatic heterocycles. The van der Waals surface area contributed by atoms with Crippen LogP contribution in [0.5, 0.6) is 0 Å². The molecule has 1 aromatic rings. The van der Waals surface area contributed by atoms with Crippen LogP contribution in [0, 0.1) is 17.5 Å². The minimum Gasteiger partial charge on any atom is -0.443 e. The summed E-state index contributed by atoms with van der Waals surface area (Å²) in [5.41, 5.74) is -0.964. The van der Waals surface area contributed by atoms with E-state index in [1.807, 2.05) is 0 Å². The highest BCUT2D eigenvalue weighted by Gasteiger charge is 2.48. The van der Waals surface area contributed by atoms with E-state index in [9.17, 15) is 26.7 Å². The quantitative estimate of drug-likeness (QED) is 0.640. The summed E-state index contributed by atoms with van der Waals surface area (Å²) in [5.74, 6) is -8.14. The molecule has 0 saturated carbocycles. The fourth-order valence-corrected chi connectivity index (χ4v) is 1.60. The fraction of sp³-hybridized carbons (Fsp3) is 0.300. The molecule has 1 aromatic carbocycles. The maximum Gasteiger partial charge on any atom is 0.408 e. The van der Waals surface area contributed by atoms with Gasteiger partial charge < -0.3 is 10.1 Å². The number of alkyl carbamates (subject to hydrolysis) is 1. The van der Waals surface area contributed by atoms with Gasteiger partial charge in [-0.1, -0.05) is 0 Å². The summed E-state index contributed by atoms with van der Waals surface area (Å²) in [5, 5.41) is 1.63. The highest BCUT2D eigenvalue weighted by atomic mass is 35.5. The molecular formula is C10H7ClF5NO2. The first-order valence-corrected chi connectivity index (χ1v) is 4.77. The van der Waals surface area contributed by atoms with Crippen molar-refractivity contribution in [2.75, 3.05) is 6.61 Å². The van der Waals surface area contributed by atoms with Gasteiger partial charge in [0.25, 0.3) is 0 Å². The number of amides is 1. The maximum atomic E-state index is 13.4. The zero-order valence-electron chi connectivity index (χ0n) is 9.05. The van der Waals surface area contributed by atoms with Gasteiger partial charge in [0.2, 0.25) is 0 Å². The van der Waals surface area contributed by atoms with Crippen molar-refractivity contribution in [3.8, 4) is 0 Å². The number of hydrogen-bond acceptors (Lipinski definition) is 2. The molecule has 1 amide bonds. The van der Waals surface area contributed by atoms with Gasteiger partial charge in [-0.2, -0.15) is 0 Å². The predicted molar refractivity (Wildman–Crippen MR) is 55.7 cm³/mol. The summed E-state index contributed by atoms with van der Waals surface area (Å²) in [7, 11) is 0. The van der Waals surface area contributed by atoms with Gasteiger partial charge in [-0.15, -0.1) is 12.4 Å². The van der Waals surface area contributed by atoms with E-state index in [4.69, 9.17) is 0 Å². The van der Waals surface area contributed by atoms with E-state index in [1.54, 1.807) is 5.32 Å². The molecule has 1 aliphatic heterocycles. The summed E-state index contributed by atoms with van der Waals surface area (Å²) in [4.78, 5) is 10.8. The highest BCUT2D eigenvalue weighted by molar-refractivity contribution is 5.85. The van der Waals surface area contributed by atoms with E-state index >= 15 is 0 Å². The standard InChI is InChI=1S/C10H6F5NO2.ClH/c11-4-1-5(7(13)6(12)2-4)8-10(14,15)3-18-9(17)16-8;/h1-2,8H,3H2,(H,16,17);1H/t8-;/m0./s1. The lowest BCUT2D eigenvalue weighted by atomic mass is 9.99. The number of carbonyl (C=O) groups excluding carboxylic acids is 1. The number of hydrogen-bond donors (Lipinski definition) is 1. The summed E-state index contributed by atoms with van der Waals surface area (Å²) >= 11 is 0. The highest BCUT2D eigenvalue weighted by Crippen LogP contribution is 2.36. The number of ether oxygens (including phenoxy) is 1. The van der Waals surface area contributed by atoms with Crippen molar-refractivity contribution in [3.05, 3.63) is 35.1 Å². The molecule has 0 bridgehead atoms. The molecule has 106 valence electrons. The smallest absolute Gasteiger partial charge is 0.408 e. The minimum atomic E-state index is -3.67. The minimum absolute atomic E-state index is 0. The van der Waals surface area contributed by atoms with Gasteiger partial charge in [-0.05, 0) is 6.07 Å². The van der Waals surface area contributed by atoms with Crippen molar-refractivity contribution in [2.45, 2.75) is 12.0 Å². The molecule has 1 aliphatic rings. The van der Waals surface area contributed by atoms with Crippen molar-refractivity contribution in [1.29, 1.82) is 0 Å². The van der Waals surface area contributed by atoms with Gasteiger partial charge in [-0.3, -0.25) is 0 Å². The van der Waals surface area contributed by atoms with Crippen molar-refractivity contribution < 1.29 is 31.5 Å². The zero-order chi connectivity index (χ0) is 13.5. The van der Waals surface area contributed by atoms with E-state index in [0.29, 0.717) is 6.07 Å². The van der Waals surface area contributed by atoms with E-state index in [-0.39, 0.29) is 18.5 Å². The van der Waals surface area contributed by atoms with Crippen LogP contribution < -0.4 is 5.32 Å². The molecule has 1 fully saturated rings. The lowest BCUT2D eigenvalue weighted by Gasteiger charge is -2.31. The van der Waals surface area contributed by atoms with E-state index in [0.717, 1.165) is 0 Å². The van der Waals surface area contributed by atoms with E-state index in [2.05, 4.69) is 4.74 Å². The fourth-order valence-electron chi connectivity index (χ4n) is 1.60. The number of benzene rings is 1. The van der Waals surface area contributed by atoms with Gasteiger partial charge >= 0.3 is 12.0 Å². The van der Waals surface area contributed by atoms with Crippen molar-refractivity contribution in [1.82, 2.24) is 5.32 Å². The number of halogens is 6. The summed E-state index contributed by atoms with van der Waals surface area (Å²) in [6.45, 7) is -1.29. The molecule has 1 atom stereocenters. The SMILES string of the molecule is Cl.O=C1N[C@@H](c2cc(F)cc(F)c2F)C(F)(F)CO1. The van der Waals surface area contributed by atoms with Gasteiger partial charge in [-0.25, -0.2) is 26.7 Å². The first-order chi connectivity index (χ1) is 8.31. The van der Waals surface area contributed by atoms with Crippen LogP contribution in [0.4, 0.5) is 26.7 Å². The molecule has 1 N–H and O–H groups in total. The first-order valence-electron chi connectivity index (χ1n) is 4.77. The molecule has 9 heteroatoms. The Kier molecular flexibility index (Phi) is 4.24. The molecule has 0 aliphatic carbocycles. The molecule has 1 heterocycles. The Morgan fingerprint density at radius 3 is 2.53 bits per heavy atom. The molecule has 0 spiro atoms. The monoisotopic (exact) mass is 303 g/mol. The Hall–Kier alpha value is -1.57. The van der Waals surface area contributed by atoms with Crippen molar-refractivity contribution in [2.24, 2.45) is 0 Å². The van der Waals surface area contributed by atoms with Crippen LogP contribution in [-0.4, -0.2) is 18.6 Å². The average molecular weight is 304 g/mol. The largest absolute Gasteiger partial charge is 0.443 e. The lowest BCUT2D eigenvalue weighted by Crippen LogP contribution is -2.50. The van der Waals surface area contributed by atoms with Crippen LogP contribution in [0.25, 0.3) is 0 Å². The van der Waals surface area contributed by atoms with Gasteiger partial charge in [0.15, 0.2) is 18.2 Å². The molecule has 3 nitrogen and oxygen atoms in total. The average Bonchev–Trinajstić information content (AvgIpc) is 2.27. The summed E-state index contributed by atoms with van der Waals surface area (Å²) in [6, 6.07) is -1.55. The van der Waals surface area contributed by atoms with Crippen LogP contribution in [0.2, 0.25) is 0 Å². The topological polar surface area (TPSA) is 38.3 Å². The lowest BCUT2D eigenvalue weighted by molar-refractivity contribution is -0.105. The third-order valence-corrected chi connectivity index (χ3v) is 2.41. The van der Waals surface area contributed by atoms with Crippen LogP contribution in [0.1, 0.15) is 11.6 Å². The number of rotatable bonds is 1. The zero-order valence-corrected chi connectivity index (χ0v) is 9.87. The Labute approximate surface area is 110 Å². The van der Waals surface area contributed by atoms with E-state index < -0.39 is 47.7 Å². The molecule has 0 radical (unpaired) electrons. The van der Waals surface area contributed by atoms with Gasteiger partial charge in [0, 0.05) is 11.6 Å². The Balaban J connectivity index is 0.00000180. The molecule has 19 heavy (non-hydrogen) atoms. The first kappa shape index (κ1) is 15.5. The number of alkyl halides is 2. The summed E-state index contributed by atoms with van der Waals surface area (Å²) < 4.78 is 70.1. The molecular weight excluding hydrogens is 297 g/mol. The molecule has 0 unspecified atom stereocenters. The van der Waals surface area contributed by atoms with Crippen LogP contribution in [-0.2, 0) is 4.74 Å². The van der Waals surface area contributed by atoms with Crippen LogP contribution >= 0.6 is 12.4 Å². The molecule has 2 rings (SSSR count). The van der Waals surface area contributed by atoms with Gasteiger partial charge in [0.1, 0.15) is 11.9 Å². The maximum absolute atomic E-state index is 13.4. The predicted octanol–water partition coefficient (Wildman–Crippen LogP) is 2.94. The summed E-state index contributed by atoms with van der Waals surface area (Å²) in [6.07, 6.45) is -1.21. The second-order valence-electron chi connectivity index (χ2n) is 3.71. The van der Waals surface area contributed by atoms with Crippen LogP contribution in [0.3, 0.4) is 0 Å². The Bertz CT molecular complexity index is 511. The second kappa shape index (κ2) is 5.20. The molecule has 1 saturated heterocycles. The van der Waals surface area contributed by atoms with Crippen molar-refractivity contribution in [3.63, 3.8) is 0 Å². The number of nitrogens with one attached hydrogen (secondary N) is 1. The third kappa shape index (κ3) is 2.89. The number of carbonyl (C=O) groups is 1. The van der Waals surface area contributed by atoms with Crippen LogP contribution in [0.15, 0.2) is 12.1 Å². The second-order valence-corrected chi connectivity index (χ2v) is 3.71. The normalized spacial score (nSPS) is 21.1. The number of cyclic esters (lactones) is 1. The Morgan fingerprint density at radius 2 is 1.89 bits per heavy atom. The Morgan fingerprint density at radius 1 is 1.26 bits per heavy atom. The third-order valence-electron chi connectivity index (χ3n) is 2.41. The van der Waals surface area contributed by atoms with E-state index in [1.165, 1.54) is 0 Å². The van der Waals surface area contributed by atoms with Crippen molar-refractivity contribution >= 4 is 18.5 Å². The van der Waals surface area contributed by atoms with Gasteiger partial charge in [0.05, 0.1) is 0 Å².